The number of hydrogen-bond donors (Lipinski definition) is 3. The fourth-order valence-electron chi connectivity index (χ4n) is 3.76. The number of ether oxygens (including phenoxy) is 2. The summed E-state index contributed by atoms with van der Waals surface area (Å²) < 4.78 is 47.0. The van der Waals surface area contributed by atoms with Crippen molar-refractivity contribution in [1.82, 2.24) is 20.1 Å². The molecule has 0 unspecified atom stereocenters. The Morgan fingerprint density at radius 1 is 1.19 bits per heavy atom. The van der Waals surface area contributed by atoms with Crippen molar-refractivity contribution in [2.75, 3.05) is 49.7 Å². The number of hydrogen-bond acceptors (Lipinski definition) is 10. The van der Waals surface area contributed by atoms with Crippen molar-refractivity contribution in [2.24, 2.45) is 5.73 Å². The van der Waals surface area contributed by atoms with E-state index in [4.69, 9.17) is 19.6 Å². The second kappa shape index (κ2) is 12.5. The van der Waals surface area contributed by atoms with Crippen LogP contribution in [0, 0.1) is 6.92 Å². The summed E-state index contributed by atoms with van der Waals surface area (Å²) in [7, 11) is -0.780. The van der Waals surface area contributed by atoms with E-state index in [9.17, 15) is 8.42 Å². The van der Waals surface area contributed by atoms with Crippen LogP contribution in [0.4, 0.5) is 5.95 Å². The van der Waals surface area contributed by atoms with Gasteiger partial charge >= 0.3 is 0 Å². The number of methoxy groups -OCH3 is 2. The smallest absolute Gasteiger partial charge is 0.246 e. The van der Waals surface area contributed by atoms with Crippen molar-refractivity contribution in [2.45, 2.75) is 26.3 Å². The molecule has 0 saturated carbocycles. The van der Waals surface area contributed by atoms with Crippen LogP contribution >= 0.6 is 12.6 Å². The Balaban J connectivity index is 2.16. The Morgan fingerprint density at radius 2 is 1.89 bits per heavy atom. The van der Waals surface area contributed by atoms with Gasteiger partial charge in [0.05, 0.1) is 20.0 Å². The van der Waals surface area contributed by atoms with E-state index in [0.29, 0.717) is 41.1 Å². The molecule has 0 fully saturated rings. The SMILES string of the molecule is COc1cccc(OC)c1-n1c(-c2ccc(C)o2)nnc1N(CCS)S(=O)(=O)CCN[C@H](C)CCN. The highest BCUT2D eigenvalue weighted by Gasteiger charge is 2.32. The van der Waals surface area contributed by atoms with Gasteiger partial charge in [0.25, 0.3) is 0 Å². The first-order valence-corrected chi connectivity index (χ1v) is 13.8. The summed E-state index contributed by atoms with van der Waals surface area (Å²) >= 11 is 4.31. The molecule has 11 nitrogen and oxygen atoms in total. The predicted octanol–water partition coefficient (Wildman–Crippen LogP) is 2.25. The average molecular weight is 539 g/mol. The summed E-state index contributed by atoms with van der Waals surface area (Å²) in [6.07, 6.45) is 0.744. The normalized spacial score (nSPS) is 12.5. The minimum atomic E-state index is -3.83. The van der Waals surface area contributed by atoms with Crippen molar-refractivity contribution in [3.63, 3.8) is 0 Å². The first-order chi connectivity index (χ1) is 17.3. The lowest BCUT2D eigenvalue weighted by Gasteiger charge is -2.25. The lowest BCUT2D eigenvalue weighted by atomic mass is 10.2. The van der Waals surface area contributed by atoms with Crippen LogP contribution in [0.15, 0.2) is 34.7 Å². The van der Waals surface area contributed by atoms with E-state index >= 15 is 0 Å². The van der Waals surface area contributed by atoms with Crippen LogP contribution in [-0.4, -0.2) is 74.6 Å². The van der Waals surface area contributed by atoms with Gasteiger partial charge < -0.3 is 24.9 Å². The second-order valence-electron chi connectivity index (χ2n) is 8.12. The maximum Gasteiger partial charge on any atom is 0.246 e. The number of thiol groups is 1. The Kier molecular flexibility index (Phi) is 9.65. The molecular formula is C23H34N6O5S2. The molecule has 3 N–H and O–H groups in total. The fourth-order valence-corrected chi connectivity index (χ4v) is 5.43. The van der Waals surface area contributed by atoms with Gasteiger partial charge in [-0.05, 0) is 51.1 Å². The number of sulfonamides is 1. The van der Waals surface area contributed by atoms with E-state index in [0.717, 1.165) is 6.42 Å². The van der Waals surface area contributed by atoms with Gasteiger partial charge in [-0.3, -0.25) is 4.57 Å². The minimum absolute atomic E-state index is 0.0749. The molecule has 0 aliphatic carbocycles. The van der Waals surface area contributed by atoms with Gasteiger partial charge in [-0.2, -0.15) is 12.6 Å². The maximum atomic E-state index is 13.6. The van der Waals surface area contributed by atoms with Gasteiger partial charge in [-0.25, -0.2) is 12.7 Å². The molecule has 0 saturated heterocycles. The number of aryl methyl sites for hydroxylation is 1. The average Bonchev–Trinajstić information content (AvgIpc) is 3.47. The molecule has 1 atom stereocenters. The maximum absolute atomic E-state index is 13.6. The van der Waals surface area contributed by atoms with E-state index in [1.165, 1.54) is 18.5 Å². The Morgan fingerprint density at radius 3 is 2.44 bits per heavy atom. The van der Waals surface area contributed by atoms with Crippen molar-refractivity contribution >= 4 is 28.6 Å². The molecule has 1 aromatic carbocycles. The number of para-hydroxylation sites is 1. The van der Waals surface area contributed by atoms with Crippen LogP contribution < -0.4 is 24.8 Å². The molecule has 0 radical (unpaired) electrons. The lowest BCUT2D eigenvalue weighted by molar-refractivity contribution is 0.391. The highest BCUT2D eigenvalue weighted by molar-refractivity contribution is 7.92. The Labute approximate surface area is 217 Å². The molecule has 0 amide bonds. The van der Waals surface area contributed by atoms with E-state index in [-0.39, 0.29) is 36.6 Å². The monoisotopic (exact) mass is 538 g/mol. The first-order valence-electron chi connectivity index (χ1n) is 11.6. The number of nitrogens with zero attached hydrogens (tertiary/aromatic N) is 4. The van der Waals surface area contributed by atoms with Crippen LogP contribution in [0.3, 0.4) is 0 Å². The van der Waals surface area contributed by atoms with Crippen LogP contribution in [0.25, 0.3) is 17.3 Å². The third-order valence-corrected chi connectivity index (χ3v) is 7.48. The van der Waals surface area contributed by atoms with Crippen LogP contribution in [0.2, 0.25) is 0 Å². The molecule has 3 aromatic rings. The first kappa shape index (κ1) is 27.8. The van der Waals surface area contributed by atoms with Crippen molar-refractivity contribution in [1.29, 1.82) is 0 Å². The number of nitrogens with two attached hydrogens (primary N) is 1. The highest BCUT2D eigenvalue weighted by atomic mass is 32.2. The van der Waals surface area contributed by atoms with E-state index in [2.05, 4.69) is 28.1 Å². The Bertz CT molecular complexity index is 1220. The second-order valence-corrected chi connectivity index (χ2v) is 10.6. The molecular weight excluding hydrogens is 504 g/mol. The van der Waals surface area contributed by atoms with Crippen molar-refractivity contribution < 1.29 is 22.3 Å². The molecule has 2 aromatic heterocycles. The number of aromatic nitrogens is 3. The third-order valence-electron chi connectivity index (χ3n) is 5.55. The molecule has 0 bridgehead atoms. The highest BCUT2D eigenvalue weighted by Crippen LogP contribution is 2.39. The number of nitrogens with one attached hydrogen (secondary N) is 1. The number of anilines is 1. The molecule has 0 aliphatic heterocycles. The van der Waals surface area contributed by atoms with Gasteiger partial charge in [0.15, 0.2) is 5.76 Å². The van der Waals surface area contributed by atoms with Gasteiger partial charge in [-0.1, -0.05) is 6.07 Å². The molecule has 0 spiro atoms. The zero-order chi connectivity index (χ0) is 26.3. The number of benzene rings is 1. The van der Waals surface area contributed by atoms with Gasteiger partial charge in [-0.15, -0.1) is 10.2 Å². The fraction of sp³-hybridized carbons (Fsp3) is 0.478. The van der Waals surface area contributed by atoms with Crippen LogP contribution in [0.5, 0.6) is 11.5 Å². The Hall–Kier alpha value is -2.74. The van der Waals surface area contributed by atoms with Crippen molar-refractivity contribution in [3.8, 4) is 28.8 Å². The van der Waals surface area contributed by atoms with Gasteiger partial charge in [0.1, 0.15) is 22.9 Å². The predicted molar refractivity (Wildman–Crippen MR) is 143 cm³/mol. The van der Waals surface area contributed by atoms with Crippen LogP contribution in [0.1, 0.15) is 19.1 Å². The molecule has 198 valence electrons. The number of rotatable bonds is 14. The minimum Gasteiger partial charge on any atom is -0.494 e. The van der Waals surface area contributed by atoms with Crippen molar-refractivity contribution in [3.05, 3.63) is 36.1 Å². The summed E-state index contributed by atoms with van der Waals surface area (Å²) in [5, 5.41) is 11.8. The molecule has 2 heterocycles. The summed E-state index contributed by atoms with van der Waals surface area (Å²) in [6.45, 7) is 4.63. The summed E-state index contributed by atoms with van der Waals surface area (Å²) in [6, 6.07) is 8.92. The van der Waals surface area contributed by atoms with E-state index in [1.54, 1.807) is 34.9 Å². The van der Waals surface area contributed by atoms with Gasteiger partial charge in [0.2, 0.25) is 21.8 Å². The van der Waals surface area contributed by atoms with Crippen LogP contribution in [-0.2, 0) is 10.0 Å². The zero-order valence-electron chi connectivity index (χ0n) is 21.0. The quantitative estimate of drug-likeness (QED) is 0.264. The summed E-state index contributed by atoms with van der Waals surface area (Å²) in [4.78, 5) is 0. The molecule has 0 aliphatic rings. The molecule has 13 heteroatoms. The molecule has 36 heavy (non-hydrogen) atoms. The molecule has 3 rings (SSSR count). The lowest BCUT2D eigenvalue weighted by Crippen LogP contribution is -2.41. The van der Waals surface area contributed by atoms with E-state index in [1.807, 2.05) is 13.8 Å². The standard InChI is InChI=1S/C23H34N6O5S2/c1-16(10-11-24)25-12-15-36(30,31)28(13-14-35)23-27-26-22(20-9-8-17(2)34-20)29(23)21-18(32-3)6-5-7-19(21)33-4/h5-9,16,25,35H,10-15,24H2,1-4H3/t16-/m1/s1. The van der Waals surface area contributed by atoms with E-state index < -0.39 is 10.0 Å². The topological polar surface area (TPSA) is 138 Å². The summed E-state index contributed by atoms with van der Waals surface area (Å²) in [5.41, 5.74) is 6.05. The number of furan rings is 1. The largest absolute Gasteiger partial charge is 0.494 e. The van der Waals surface area contributed by atoms with Gasteiger partial charge in [0, 0.05) is 24.9 Å². The third kappa shape index (κ3) is 6.14. The summed E-state index contributed by atoms with van der Waals surface area (Å²) in [5.74, 6) is 2.47. The zero-order valence-corrected chi connectivity index (χ0v) is 22.7.